The average Bonchev–Trinajstić information content (AvgIpc) is 2.19. The van der Waals surface area contributed by atoms with Gasteiger partial charge in [-0.05, 0) is 20.3 Å². The van der Waals surface area contributed by atoms with Crippen LogP contribution in [0.4, 0.5) is 0 Å². The first-order valence-corrected chi connectivity index (χ1v) is 9.34. The van der Waals surface area contributed by atoms with E-state index in [9.17, 15) is 0 Å². The van der Waals surface area contributed by atoms with Crippen LogP contribution in [0.15, 0.2) is 23.3 Å². The monoisotopic (exact) mass is 254 g/mol. The Balaban J connectivity index is 0.000000236. The first kappa shape index (κ1) is 10.9. The van der Waals surface area contributed by atoms with Crippen molar-refractivity contribution in [2.75, 3.05) is 0 Å². The van der Waals surface area contributed by atoms with Gasteiger partial charge in [0, 0.05) is 0 Å². The summed E-state index contributed by atoms with van der Waals surface area (Å²) in [5, 5.41) is 0. The fourth-order valence-electron chi connectivity index (χ4n) is 0.716. The summed E-state index contributed by atoms with van der Waals surface area (Å²) < 4.78 is 0. The van der Waals surface area contributed by atoms with Crippen molar-refractivity contribution in [2.45, 2.75) is 20.3 Å². The zero-order chi connectivity index (χ0) is 7.98. The molecule has 0 aliphatic heterocycles. The van der Waals surface area contributed by atoms with Gasteiger partial charge in [-0.15, -0.1) is 0 Å². The summed E-state index contributed by atoms with van der Waals surface area (Å²) in [6.07, 6.45) is 5.55. The predicted molar refractivity (Wildman–Crippen MR) is 43.8 cm³/mol. The van der Waals surface area contributed by atoms with Gasteiger partial charge in [-0.1, -0.05) is 23.3 Å². The molecule has 0 atom stereocenters. The van der Waals surface area contributed by atoms with E-state index in [1.807, 2.05) is 0 Å². The van der Waals surface area contributed by atoms with Gasteiger partial charge in [-0.3, -0.25) is 0 Å². The fourth-order valence-corrected chi connectivity index (χ4v) is 0.716. The van der Waals surface area contributed by atoms with Crippen LogP contribution in [-0.4, -0.2) is 0 Å². The molecule has 0 aromatic heterocycles. The van der Waals surface area contributed by atoms with Gasteiger partial charge in [-0.25, -0.2) is 0 Å². The zero-order valence-electron chi connectivity index (χ0n) is 6.12. The van der Waals surface area contributed by atoms with Crippen molar-refractivity contribution in [2.24, 2.45) is 0 Å². The van der Waals surface area contributed by atoms with E-state index in [0.717, 1.165) is 0 Å². The number of hydrogen-bond donors (Lipinski definition) is 0. The standard InChI is InChI=1S/C7H10.2ClH.Zr/c1-6-4-3-5-7(6)2;;;/h3-4H,5H2,1-2H3;2*1H;/q;;;+2/p-2. The second-order valence-electron chi connectivity index (χ2n) is 2.14. The first-order valence-electron chi connectivity index (χ1n) is 3.01. The zero-order valence-corrected chi connectivity index (χ0v) is 10.1. The molecule has 1 aliphatic rings. The molecule has 0 nitrogen and oxygen atoms in total. The van der Waals surface area contributed by atoms with Crippen LogP contribution in [0.1, 0.15) is 20.3 Å². The third-order valence-electron chi connectivity index (χ3n) is 1.47. The normalized spacial score (nSPS) is 14.8. The van der Waals surface area contributed by atoms with E-state index in [0.29, 0.717) is 0 Å². The van der Waals surface area contributed by atoms with E-state index >= 15 is 0 Å². The molecule has 3 heteroatoms. The Morgan fingerprint density at radius 3 is 2.00 bits per heavy atom. The Labute approximate surface area is 81.0 Å². The molecule has 56 valence electrons. The summed E-state index contributed by atoms with van der Waals surface area (Å²) >= 11 is -0.826. The molecule has 1 rings (SSSR count). The van der Waals surface area contributed by atoms with Gasteiger partial charge in [0.25, 0.3) is 0 Å². The van der Waals surface area contributed by atoms with Crippen LogP contribution in [-0.2, 0) is 20.8 Å². The minimum atomic E-state index is -0.826. The third kappa shape index (κ3) is 4.71. The van der Waals surface area contributed by atoms with Crippen molar-refractivity contribution in [3.8, 4) is 0 Å². The van der Waals surface area contributed by atoms with E-state index < -0.39 is 20.8 Å². The summed E-state index contributed by atoms with van der Waals surface area (Å²) in [7, 11) is 9.87. The van der Waals surface area contributed by atoms with Crippen molar-refractivity contribution in [1.29, 1.82) is 0 Å². The maximum absolute atomic E-state index is 4.93. The van der Waals surface area contributed by atoms with Gasteiger partial charge in [0.05, 0.1) is 0 Å². The number of allylic oxidation sites excluding steroid dienone is 4. The summed E-state index contributed by atoms with van der Waals surface area (Å²) in [6.45, 7) is 4.33. The van der Waals surface area contributed by atoms with Crippen molar-refractivity contribution in [3.63, 3.8) is 0 Å². The molecule has 0 saturated heterocycles. The van der Waals surface area contributed by atoms with Gasteiger partial charge in [0.2, 0.25) is 0 Å². The second-order valence-corrected chi connectivity index (χ2v) is 5.87. The molecule has 0 amide bonds. The van der Waals surface area contributed by atoms with Crippen LogP contribution in [0.3, 0.4) is 0 Å². The molecular weight excluding hydrogens is 246 g/mol. The number of halogens is 2. The molecule has 0 unspecified atom stereocenters. The molecule has 0 aromatic rings. The number of hydrogen-bond acceptors (Lipinski definition) is 0. The Morgan fingerprint density at radius 1 is 1.40 bits per heavy atom. The summed E-state index contributed by atoms with van der Waals surface area (Å²) in [6, 6.07) is 0. The minimum absolute atomic E-state index is 0.826. The molecule has 0 spiro atoms. The van der Waals surface area contributed by atoms with Gasteiger partial charge in [0.1, 0.15) is 0 Å². The van der Waals surface area contributed by atoms with Crippen molar-refractivity contribution >= 4 is 17.0 Å². The van der Waals surface area contributed by atoms with Crippen LogP contribution < -0.4 is 0 Å². The Kier molecular flexibility index (Phi) is 7.27. The van der Waals surface area contributed by atoms with Crippen molar-refractivity contribution in [3.05, 3.63) is 23.3 Å². The number of rotatable bonds is 0. The Morgan fingerprint density at radius 2 is 1.90 bits per heavy atom. The average molecular weight is 256 g/mol. The van der Waals surface area contributed by atoms with Crippen LogP contribution >= 0.6 is 17.0 Å². The molecule has 0 fully saturated rings. The van der Waals surface area contributed by atoms with E-state index in [1.54, 1.807) is 0 Å². The SMILES string of the molecule is CC1=C(C)CC=C1.[Cl][Zr][Cl]. The van der Waals surface area contributed by atoms with Gasteiger partial charge in [0.15, 0.2) is 0 Å². The molecule has 0 bridgehead atoms. The van der Waals surface area contributed by atoms with E-state index in [2.05, 4.69) is 26.0 Å². The predicted octanol–water partition coefficient (Wildman–Crippen LogP) is 3.66. The van der Waals surface area contributed by atoms with E-state index in [4.69, 9.17) is 17.0 Å². The third-order valence-corrected chi connectivity index (χ3v) is 1.47. The van der Waals surface area contributed by atoms with Crippen molar-refractivity contribution in [1.82, 2.24) is 0 Å². The summed E-state index contributed by atoms with van der Waals surface area (Å²) in [5.74, 6) is 0. The first-order chi connectivity index (χ1) is 4.72. The fraction of sp³-hybridized carbons (Fsp3) is 0.429. The van der Waals surface area contributed by atoms with Crippen LogP contribution in [0.5, 0.6) is 0 Å². The van der Waals surface area contributed by atoms with Crippen LogP contribution in [0.25, 0.3) is 0 Å². The van der Waals surface area contributed by atoms with Gasteiger partial charge < -0.3 is 0 Å². The van der Waals surface area contributed by atoms with Crippen LogP contribution in [0, 0.1) is 0 Å². The molecule has 1 aliphatic carbocycles. The molecule has 0 aromatic carbocycles. The molecule has 0 radical (unpaired) electrons. The van der Waals surface area contributed by atoms with Crippen molar-refractivity contribution < 1.29 is 20.8 Å². The second kappa shape index (κ2) is 6.64. The van der Waals surface area contributed by atoms with Crippen LogP contribution in [0.2, 0.25) is 0 Å². The topological polar surface area (TPSA) is 0 Å². The van der Waals surface area contributed by atoms with E-state index in [1.165, 1.54) is 17.6 Å². The molecule has 0 heterocycles. The van der Waals surface area contributed by atoms with Gasteiger partial charge in [-0.2, -0.15) is 0 Å². The summed E-state index contributed by atoms with van der Waals surface area (Å²) in [4.78, 5) is 0. The molecule has 0 saturated carbocycles. The van der Waals surface area contributed by atoms with E-state index in [-0.39, 0.29) is 0 Å². The maximum atomic E-state index is 4.93. The molecular formula is C7H10Cl2Zr. The molecule has 0 N–H and O–H groups in total. The Bertz CT molecular complexity index is 150. The summed E-state index contributed by atoms with van der Waals surface area (Å²) in [5.41, 5.74) is 2.96. The Hall–Kier alpha value is 0.943. The quantitative estimate of drug-likeness (QED) is 0.620. The molecule has 10 heavy (non-hydrogen) atoms. The van der Waals surface area contributed by atoms with Gasteiger partial charge >= 0.3 is 37.9 Å².